The average molecular weight is 178 g/mol. The van der Waals surface area contributed by atoms with Gasteiger partial charge < -0.3 is 10.6 Å². The second kappa shape index (κ2) is 3.30. The number of aromatic nitrogens is 2. The predicted octanol–water partition coefficient (Wildman–Crippen LogP) is 0.180. The van der Waals surface area contributed by atoms with Gasteiger partial charge in [-0.05, 0) is 25.1 Å². The number of anilines is 1. The van der Waals surface area contributed by atoms with Crippen LogP contribution in [-0.2, 0) is 0 Å². The Morgan fingerprint density at radius 2 is 2.38 bits per heavy atom. The highest BCUT2D eigenvalue weighted by atomic mass is 15.3. The van der Waals surface area contributed by atoms with Gasteiger partial charge in [0.25, 0.3) is 0 Å². The number of nitrogens with two attached hydrogens (primary N) is 1. The second-order valence-corrected chi connectivity index (χ2v) is 3.60. The van der Waals surface area contributed by atoms with E-state index in [4.69, 9.17) is 5.73 Å². The zero-order chi connectivity index (χ0) is 9.26. The third-order valence-corrected chi connectivity index (χ3v) is 2.39. The monoisotopic (exact) mass is 178 g/mol. The van der Waals surface area contributed by atoms with E-state index in [-0.39, 0.29) is 0 Å². The molecule has 0 aliphatic carbocycles. The molecule has 4 heteroatoms. The summed E-state index contributed by atoms with van der Waals surface area (Å²) in [4.78, 5) is 2.21. The lowest BCUT2D eigenvalue weighted by molar-refractivity contribution is 0.415. The van der Waals surface area contributed by atoms with E-state index in [1.807, 2.05) is 6.92 Å². The molecule has 0 bridgehead atoms. The van der Waals surface area contributed by atoms with E-state index in [2.05, 4.69) is 21.2 Å². The summed E-state index contributed by atoms with van der Waals surface area (Å²) in [5.41, 5.74) is 6.70. The van der Waals surface area contributed by atoms with Crippen LogP contribution >= 0.6 is 0 Å². The van der Waals surface area contributed by atoms with Crippen molar-refractivity contribution in [3.8, 4) is 0 Å². The highest BCUT2D eigenvalue weighted by molar-refractivity contribution is 5.42. The summed E-state index contributed by atoms with van der Waals surface area (Å²) in [5.74, 6) is 1.62. The molecular weight excluding hydrogens is 164 g/mol. The van der Waals surface area contributed by atoms with E-state index >= 15 is 0 Å². The summed E-state index contributed by atoms with van der Waals surface area (Å²) >= 11 is 0. The molecule has 1 aliphatic rings. The first-order valence-electron chi connectivity index (χ1n) is 4.54. The first-order valence-corrected chi connectivity index (χ1v) is 4.54. The van der Waals surface area contributed by atoms with E-state index < -0.39 is 0 Å². The molecule has 0 saturated carbocycles. The van der Waals surface area contributed by atoms with Crippen LogP contribution < -0.4 is 10.6 Å². The van der Waals surface area contributed by atoms with Gasteiger partial charge in [0.2, 0.25) is 0 Å². The van der Waals surface area contributed by atoms with Crippen molar-refractivity contribution < 1.29 is 0 Å². The Morgan fingerprint density at radius 1 is 1.62 bits per heavy atom. The third-order valence-electron chi connectivity index (χ3n) is 2.39. The SMILES string of the molecule is Cc1cnnc(N2CC(CN)C2)c1. The molecule has 0 spiro atoms. The maximum Gasteiger partial charge on any atom is 0.151 e. The fourth-order valence-corrected chi connectivity index (χ4v) is 1.51. The predicted molar refractivity (Wildman–Crippen MR) is 51.5 cm³/mol. The van der Waals surface area contributed by atoms with E-state index in [1.165, 1.54) is 0 Å². The van der Waals surface area contributed by atoms with E-state index in [1.54, 1.807) is 6.20 Å². The van der Waals surface area contributed by atoms with Crippen molar-refractivity contribution in [2.45, 2.75) is 6.92 Å². The lowest BCUT2D eigenvalue weighted by Gasteiger charge is -2.39. The molecule has 1 aromatic heterocycles. The van der Waals surface area contributed by atoms with Gasteiger partial charge in [-0.3, -0.25) is 0 Å². The Balaban J connectivity index is 2.03. The van der Waals surface area contributed by atoms with Crippen molar-refractivity contribution in [1.82, 2.24) is 10.2 Å². The van der Waals surface area contributed by atoms with Gasteiger partial charge in [0.1, 0.15) is 0 Å². The van der Waals surface area contributed by atoms with Crippen LogP contribution in [-0.4, -0.2) is 29.8 Å². The molecule has 0 aromatic carbocycles. The molecule has 0 atom stereocenters. The highest BCUT2D eigenvalue weighted by Crippen LogP contribution is 2.21. The average Bonchev–Trinajstić information content (AvgIpc) is 2.02. The topological polar surface area (TPSA) is 55.0 Å². The molecule has 1 fully saturated rings. The summed E-state index contributed by atoms with van der Waals surface area (Å²) in [7, 11) is 0. The van der Waals surface area contributed by atoms with Gasteiger partial charge in [0.15, 0.2) is 5.82 Å². The van der Waals surface area contributed by atoms with Crippen LogP contribution in [0.5, 0.6) is 0 Å². The van der Waals surface area contributed by atoms with Crippen LogP contribution in [0.4, 0.5) is 5.82 Å². The fraction of sp³-hybridized carbons (Fsp3) is 0.556. The van der Waals surface area contributed by atoms with E-state index in [0.29, 0.717) is 5.92 Å². The van der Waals surface area contributed by atoms with Crippen LogP contribution in [0, 0.1) is 12.8 Å². The van der Waals surface area contributed by atoms with Gasteiger partial charge in [-0.2, -0.15) is 5.10 Å². The van der Waals surface area contributed by atoms with Crippen molar-refractivity contribution in [2.75, 3.05) is 24.5 Å². The quantitative estimate of drug-likeness (QED) is 0.702. The Morgan fingerprint density at radius 3 is 3.00 bits per heavy atom. The van der Waals surface area contributed by atoms with Crippen molar-refractivity contribution in [2.24, 2.45) is 11.7 Å². The zero-order valence-corrected chi connectivity index (χ0v) is 7.77. The molecular formula is C9H14N4. The van der Waals surface area contributed by atoms with Gasteiger partial charge >= 0.3 is 0 Å². The van der Waals surface area contributed by atoms with Crippen molar-refractivity contribution >= 4 is 5.82 Å². The van der Waals surface area contributed by atoms with Crippen LogP contribution in [0.3, 0.4) is 0 Å². The normalized spacial score (nSPS) is 17.2. The molecule has 70 valence electrons. The Bertz CT molecular complexity index is 293. The minimum absolute atomic E-state index is 0.641. The molecule has 13 heavy (non-hydrogen) atoms. The molecule has 2 heterocycles. The van der Waals surface area contributed by atoms with Crippen LogP contribution in [0.2, 0.25) is 0 Å². The number of nitrogens with zero attached hydrogens (tertiary/aromatic N) is 3. The van der Waals surface area contributed by atoms with E-state index in [0.717, 1.165) is 31.0 Å². The molecule has 0 unspecified atom stereocenters. The second-order valence-electron chi connectivity index (χ2n) is 3.60. The summed E-state index contributed by atoms with van der Waals surface area (Å²) in [6, 6.07) is 2.06. The maximum absolute atomic E-state index is 5.54. The van der Waals surface area contributed by atoms with Gasteiger partial charge in [-0.15, -0.1) is 5.10 Å². The zero-order valence-electron chi connectivity index (χ0n) is 7.77. The fourth-order valence-electron chi connectivity index (χ4n) is 1.51. The van der Waals surface area contributed by atoms with Crippen LogP contribution in [0.25, 0.3) is 0 Å². The highest BCUT2D eigenvalue weighted by Gasteiger charge is 2.26. The number of rotatable bonds is 2. The lowest BCUT2D eigenvalue weighted by Crippen LogP contribution is -2.50. The van der Waals surface area contributed by atoms with Crippen LogP contribution in [0.1, 0.15) is 5.56 Å². The summed E-state index contributed by atoms with van der Waals surface area (Å²) in [6.45, 7) is 4.84. The largest absolute Gasteiger partial charge is 0.354 e. The van der Waals surface area contributed by atoms with Crippen molar-refractivity contribution in [1.29, 1.82) is 0 Å². The van der Waals surface area contributed by atoms with E-state index in [9.17, 15) is 0 Å². The minimum atomic E-state index is 0.641. The third kappa shape index (κ3) is 1.62. The maximum atomic E-state index is 5.54. The molecule has 0 amide bonds. The summed E-state index contributed by atoms with van der Waals surface area (Å²) in [5, 5.41) is 7.98. The van der Waals surface area contributed by atoms with Crippen molar-refractivity contribution in [3.05, 3.63) is 17.8 Å². The smallest absolute Gasteiger partial charge is 0.151 e. The number of hydrogen-bond acceptors (Lipinski definition) is 4. The lowest BCUT2D eigenvalue weighted by atomic mass is 10.0. The van der Waals surface area contributed by atoms with Crippen molar-refractivity contribution in [3.63, 3.8) is 0 Å². The standard InChI is InChI=1S/C9H14N4/c1-7-2-9(12-11-4-7)13-5-8(3-10)6-13/h2,4,8H,3,5-6,10H2,1H3. The molecule has 1 aromatic rings. The number of hydrogen-bond donors (Lipinski definition) is 1. The molecule has 0 radical (unpaired) electrons. The Hall–Kier alpha value is -1.16. The van der Waals surface area contributed by atoms with Gasteiger partial charge in [-0.25, -0.2) is 0 Å². The van der Waals surface area contributed by atoms with Crippen LogP contribution in [0.15, 0.2) is 12.3 Å². The summed E-state index contributed by atoms with van der Waals surface area (Å²) < 4.78 is 0. The molecule has 1 saturated heterocycles. The first-order chi connectivity index (χ1) is 6.29. The molecule has 2 rings (SSSR count). The molecule has 1 aliphatic heterocycles. The Labute approximate surface area is 77.8 Å². The molecule has 4 nitrogen and oxygen atoms in total. The minimum Gasteiger partial charge on any atom is -0.354 e. The summed E-state index contributed by atoms with van der Waals surface area (Å²) in [6.07, 6.45) is 1.77. The van der Waals surface area contributed by atoms with Gasteiger partial charge in [0.05, 0.1) is 6.20 Å². The molecule has 2 N–H and O–H groups in total. The first kappa shape index (κ1) is 8.44. The Kier molecular flexibility index (Phi) is 2.14. The van der Waals surface area contributed by atoms with Gasteiger partial charge in [0, 0.05) is 19.0 Å². The van der Waals surface area contributed by atoms with Gasteiger partial charge in [-0.1, -0.05) is 0 Å². The number of aryl methyl sites for hydroxylation is 1.